The summed E-state index contributed by atoms with van der Waals surface area (Å²) in [6, 6.07) is 3.48. The van der Waals surface area contributed by atoms with Gasteiger partial charge >= 0.3 is 5.72 Å². The molecule has 2 bridgehead atoms. The Hall–Kier alpha value is -1.29. The van der Waals surface area contributed by atoms with Crippen molar-refractivity contribution in [3.05, 3.63) is 22.7 Å². The fourth-order valence-corrected chi connectivity index (χ4v) is 6.23. The first kappa shape index (κ1) is 16.2. The summed E-state index contributed by atoms with van der Waals surface area (Å²) < 4.78 is 16.9. The summed E-state index contributed by atoms with van der Waals surface area (Å²) in [4.78, 5) is 22.4. The Morgan fingerprint density at radius 2 is 2.08 bits per heavy atom. The van der Waals surface area contributed by atoms with Gasteiger partial charge in [-0.2, -0.15) is 5.06 Å². The smallest absolute Gasteiger partial charge is 0.300 e. The Labute approximate surface area is 151 Å². The van der Waals surface area contributed by atoms with Crippen molar-refractivity contribution in [2.75, 3.05) is 21.3 Å². The van der Waals surface area contributed by atoms with E-state index in [0.717, 1.165) is 5.56 Å². The van der Waals surface area contributed by atoms with Crippen LogP contribution in [0.1, 0.15) is 10.8 Å². The molecule has 10 heteroatoms. The number of fused-ring (bicyclic) bond motifs is 3. The van der Waals surface area contributed by atoms with Gasteiger partial charge in [0.25, 0.3) is 11.8 Å². The highest BCUT2D eigenvalue weighted by Crippen LogP contribution is 2.62. The average molecular weight is 389 g/mol. The summed E-state index contributed by atoms with van der Waals surface area (Å²) in [7, 11) is 7.28. The number of hydroxylamine groups is 2. The monoisotopic (exact) mass is 388 g/mol. The highest BCUT2D eigenvalue weighted by Gasteiger charge is 2.66. The minimum Gasteiger partial charge on any atom is -0.495 e. The van der Waals surface area contributed by atoms with Crippen LogP contribution in [0.15, 0.2) is 17.1 Å². The van der Waals surface area contributed by atoms with Gasteiger partial charge in [0.1, 0.15) is 16.7 Å². The molecule has 4 heterocycles. The van der Waals surface area contributed by atoms with E-state index in [9.17, 15) is 4.79 Å². The van der Waals surface area contributed by atoms with Gasteiger partial charge in [0.05, 0.1) is 26.4 Å². The number of benzene rings is 1. The van der Waals surface area contributed by atoms with E-state index in [1.54, 1.807) is 12.1 Å². The van der Waals surface area contributed by atoms with Crippen molar-refractivity contribution in [2.24, 2.45) is 4.99 Å². The topological polar surface area (TPSA) is 69.6 Å². The molecule has 1 unspecified atom stereocenters. The predicted octanol–water partition coefficient (Wildman–Crippen LogP) is 2.65. The third-order valence-electron chi connectivity index (χ3n) is 4.06. The molecule has 1 amide bonds. The van der Waals surface area contributed by atoms with Gasteiger partial charge in [-0.1, -0.05) is 33.2 Å². The Balaban J connectivity index is 1.93. The molecule has 1 spiro atoms. The molecule has 3 atom stereocenters. The first-order valence-electron chi connectivity index (χ1n) is 6.95. The summed E-state index contributed by atoms with van der Waals surface area (Å²) in [5.41, 5.74) is -0.469. The van der Waals surface area contributed by atoms with Gasteiger partial charge in [0, 0.05) is 11.6 Å². The van der Waals surface area contributed by atoms with Gasteiger partial charge in [-0.15, -0.1) is 0 Å². The van der Waals surface area contributed by atoms with E-state index < -0.39 is 11.1 Å². The van der Waals surface area contributed by atoms with Crippen LogP contribution in [0.3, 0.4) is 0 Å². The lowest BCUT2D eigenvalue weighted by Crippen LogP contribution is -2.64. The summed E-state index contributed by atoms with van der Waals surface area (Å²) in [5, 5.41) is 0.729. The number of methoxy groups -OCH3 is 2. The number of rotatable bonds is 2. The summed E-state index contributed by atoms with van der Waals surface area (Å²) in [6.45, 7) is 0. The van der Waals surface area contributed by atoms with E-state index in [1.807, 2.05) is 0 Å². The fourth-order valence-electron chi connectivity index (χ4n) is 3.05. The lowest BCUT2D eigenvalue weighted by atomic mass is 10.0. The van der Waals surface area contributed by atoms with E-state index >= 15 is 0 Å². The predicted molar refractivity (Wildman–Crippen MR) is 91.4 cm³/mol. The summed E-state index contributed by atoms with van der Waals surface area (Å²) in [5.74, 6) is 1.04. The molecule has 0 saturated carbocycles. The van der Waals surface area contributed by atoms with Crippen molar-refractivity contribution in [3.8, 4) is 11.5 Å². The van der Waals surface area contributed by atoms with Crippen LogP contribution in [0.2, 0.25) is 5.02 Å². The van der Waals surface area contributed by atoms with Crippen LogP contribution < -0.4 is 9.47 Å². The maximum atomic E-state index is 12.7. The minimum absolute atomic E-state index is 0.288. The molecule has 0 radical (unpaired) electrons. The Morgan fingerprint density at radius 3 is 2.75 bits per heavy atom. The number of amides is 1. The first-order chi connectivity index (χ1) is 11.6. The van der Waals surface area contributed by atoms with Crippen molar-refractivity contribution in [2.45, 2.75) is 16.3 Å². The van der Waals surface area contributed by atoms with Crippen LogP contribution in [0.25, 0.3) is 0 Å². The number of hydrogen-bond acceptors (Lipinski definition) is 8. The average Bonchev–Trinajstić information content (AvgIpc) is 2.72. The van der Waals surface area contributed by atoms with Gasteiger partial charge in [-0.25, -0.2) is 4.99 Å². The fraction of sp³-hybridized carbons (Fsp3) is 0.429. The van der Waals surface area contributed by atoms with Gasteiger partial charge in [-0.05, 0) is 6.07 Å². The van der Waals surface area contributed by atoms with Gasteiger partial charge in [0.2, 0.25) is 0 Å². The van der Waals surface area contributed by atoms with E-state index in [-0.39, 0.29) is 11.2 Å². The largest absolute Gasteiger partial charge is 0.495 e. The zero-order valence-corrected chi connectivity index (χ0v) is 15.3. The number of hydrogen-bond donors (Lipinski definition) is 0. The van der Waals surface area contributed by atoms with Crippen LogP contribution >= 0.6 is 33.2 Å². The lowest BCUT2D eigenvalue weighted by molar-refractivity contribution is -0.235. The first-order valence-corrected chi connectivity index (χ1v) is 9.61. The molecule has 0 aliphatic carbocycles. The van der Waals surface area contributed by atoms with Crippen molar-refractivity contribution in [1.29, 1.82) is 0 Å². The zero-order chi connectivity index (χ0) is 17.1. The molecule has 1 aromatic rings. The van der Waals surface area contributed by atoms with E-state index in [2.05, 4.69) is 4.99 Å². The van der Waals surface area contributed by atoms with Gasteiger partial charge in [0.15, 0.2) is 5.37 Å². The minimum atomic E-state index is -1.30. The SMILES string of the molecule is COC1=NC2SS[C@H]3c4cc(Cl)c(OC)cc4O[C@@]13N(OC)C2=O. The third-order valence-corrected chi connectivity index (χ3v) is 7.18. The highest BCUT2D eigenvalue weighted by atomic mass is 35.5. The molecule has 1 fully saturated rings. The standard InChI is InChI=1S/C14H13ClN2O5S2/c1-19-9-5-8-6(4-7(9)15)10-14(22-8)13(20-2)16-11(24-23-10)12(18)17(14)21-3/h4-5,10-11H,1-3H3/t10-,11?,14+/m0/s1. The summed E-state index contributed by atoms with van der Waals surface area (Å²) >= 11 is 6.28. The van der Waals surface area contributed by atoms with E-state index in [4.69, 9.17) is 30.6 Å². The zero-order valence-electron chi connectivity index (χ0n) is 12.9. The normalized spacial score (nSPS) is 30.2. The third kappa shape index (κ3) is 1.92. The Bertz CT molecular complexity index is 761. The van der Waals surface area contributed by atoms with Crippen LogP contribution in [0.4, 0.5) is 0 Å². The number of halogens is 1. The molecule has 5 rings (SSSR count). The molecule has 4 aliphatic rings. The highest BCUT2D eigenvalue weighted by molar-refractivity contribution is 8.77. The van der Waals surface area contributed by atoms with Crippen LogP contribution in [-0.2, 0) is 14.4 Å². The molecule has 24 heavy (non-hydrogen) atoms. The van der Waals surface area contributed by atoms with E-state index in [0.29, 0.717) is 22.4 Å². The number of carbonyl (C=O) groups excluding carboxylic acids is 1. The quantitative estimate of drug-likeness (QED) is 0.721. The summed E-state index contributed by atoms with van der Waals surface area (Å²) in [6.07, 6.45) is 0. The molecular formula is C14H13ClN2O5S2. The maximum Gasteiger partial charge on any atom is 0.300 e. The van der Waals surface area contributed by atoms with E-state index in [1.165, 1.54) is 48.0 Å². The second-order valence-corrected chi connectivity index (χ2v) is 8.07. The molecule has 0 aromatic heterocycles. The van der Waals surface area contributed by atoms with Crippen molar-refractivity contribution in [3.63, 3.8) is 0 Å². The molecule has 0 N–H and O–H groups in total. The second-order valence-electron chi connectivity index (χ2n) is 5.20. The number of ether oxygens (including phenoxy) is 3. The molecule has 1 saturated heterocycles. The molecule has 1 aromatic carbocycles. The van der Waals surface area contributed by atoms with Crippen molar-refractivity contribution >= 4 is 45.0 Å². The molecule has 128 valence electrons. The maximum absolute atomic E-state index is 12.7. The Kier molecular flexibility index (Phi) is 3.79. The molecule has 4 aliphatic heterocycles. The van der Waals surface area contributed by atoms with Crippen LogP contribution in [-0.4, -0.2) is 49.3 Å². The van der Waals surface area contributed by atoms with Crippen LogP contribution in [0.5, 0.6) is 11.5 Å². The Morgan fingerprint density at radius 1 is 1.29 bits per heavy atom. The van der Waals surface area contributed by atoms with Crippen molar-refractivity contribution in [1.82, 2.24) is 5.06 Å². The van der Waals surface area contributed by atoms with Crippen molar-refractivity contribution < 1.29 is 23.8 Å². The second kappa shape index (κ2) is 5.62. The number of carbonyl (C=O) groups is 1. The van der Waals surface area contributed by atoms with Gasteiger partial charge < -0.3 is 14.2 Å². The lowest BCUT2D eigenvalue weighted by Gasteiger charge is -2.41. The number of nitrogens with zero attached hydrogens (tertiary/aromatic N) is 2. The van der Waals surface area contributed by atoms with Gasteiger partial charge in [-0.3, -0.25) is 9.63 Å². The molecule has 7 nitrogen and oxygen atoms in total. The number of aliphatic imine (C=N–C) groups is 1. The van der Waals surface area contributed by atoms with Crippen LogP contribution in [0, 0.1) is 0 Å². The molecular weight excluding hydrogens is 376 g/mol.